The first-order valence-electron chi connectivity index (χ1n) is 6.28. The summed E-state index contributed by atoms with van der Waals surface area (Å²) in [5.74, 6) is 0.230. The number of hydrogen-bond acceptors (Lipinski definition) is 2. The van der Waals surface area contributed by atoms with Gasteiger partial charge in [0.2, 0.25) is 5.91 Å². The summed E-state index contributed by atoms with van der Waals surface area (Å²) >= 11 is 0. The lowest BCUT2D eigenvalue weighted by molar-refractivity contribution is -0.122. The van der Waals surface area contributed by atoms with Crippen molar-refractivity contribution < 1.29 is 4.79 Å². The van der Waals surface area contributed by atoms with E-state index in [4.69, 9.17) is 0 Å². The zero-order valence-corrected chi connectivity index (χ0v) is 10.1. The van der Waals surface area contributed by atoms with Gasteiger partial charge in [-0.15, -0.1) is 0 Å². The van der Waals surface area contributed by atoms with Crippen LogP contribution >= 0.6 is 0 Å². The van der Waals surface area contributed by atoms with Gasteiger partial charge in [0.15, 0.2) is 0 Å². The number of amides is 1. The molecule has 1 aliphatic carbocycles. The van der Waals surface area contributed by atoms with E-state index in [9.17, 15) is 4.79 Å². The smallest absolute Gasteiger partial charge is 0.221 e. The Morgan fingerprint density at radius 1 is 1.27 bits per heavy atom. The fraction of sp³-hybridized carbons (Fsp3) is 0.917. The average molecular weight is 212 g/mol. The fourth-order valence-electron chi connectivity index (χ4n) is 2.17. The van der Waals surface area contributed by atoms with E-state index in [1.54, 1.807) is 0 Å². The Balaban J connectivity index is 2.12. The molecular formula is C12H24N2O. The molecule has 3 nitrogen and oxygen atoms in total. The predicted molar refractivity (Wildman–Crippen MR) is 62.8 cm³/mol. The maximum atomic E-state index is 11.6. The molecule has 0 aromatic heterocycles. The maximum absolute atomic E-state index is 11.6. The molecule has 1 saturated carbocycles. The number of carbonyl (C=O) groups is 1. The van der Waals surface area contributed by atoms with Crippen molar-refractivity contribution in [3.63, 3.8) is 0 Å². The number of carbonyl (C=O) groups excluding carboxylic acids is 1. The van der Waals surface area contributed by atoms with Gasteiger partial charge in [0.1, 0.15) is 0 Å². The molecular weight excluding hydrogens is 188 g/mol. The van der Waals surface area contributed by atoms with Crippen LogP contribution in [0, 0.1) is 0 Å². The highest BCUT2D eigenvalue weighted by Crippen LogP contribution is 2.17. The molecule has 0 radical (unpaired) electrons. The Labute approximate surface area is 93.2 Å². The lowest BCUT2D eigenvalue weighted by atomic mass is 10.2. The first-order chi connectivity index (χ1) is 7.26. The standard InChI is InChI=1S/C12H24N2O/c1-3-14(4-2)10-9-12(15)13-11-7-5-6-8-11/h11H,3-10H2,1-2H3,(H,13,15). The molecule has 1 amide bonds. The minimum absolute atomic E-state index is 0.230. The number of rotatable bonds is 6. The summed E-state index contributed by atoms with van der Waals surface area (Å²) in [6, 6.07) is 0.467. The third-order valence-corrected chi connectivity index (χ3v) is 3.27. The lowest BCUT2D eigenvalue weighted by Gasteiger charge is -2.18. The summed E-state index contributed by atoms with van der Waals surface area (Å²) in [6.07, 6.45) is 5.56. The van der Waals surface area contributed by atoms with Crippen LogP contribution in [0.4, 0.5) is 0 Å². The van der Waals surface area contributed by atoms with Crippen LogP contribution in [0.5, 0.6) is 0 Å². The van der Waals surface area contributed by atoms with E-state index in [1.165, 1.54) is 25.7 Å². The predicted octanol–water partition coefficient (Wildman–Crippen LogP) is 1.78. The van der Waals surface area contributed by atoms with Gasteiger partial charge >= 0.3 is 0 Å². The van der Waals surface area contributed by atoms with Gasteiger partial charge in [0.25, 0.3) is 0 Å². The van der Waals surface area contributed by atoms with Crippen LogP contribution in [0.15, 0.2) is 0 Å². The largest absolute Gasteiger partial charge is 0.353 e. The molecule has 0 bridgehead atoms. The number of hydrogen-bond donors (Lipinski definition) is 1. The summed E-state index contributed by atoms with van der Waals surface area (Å²) in [4.78, 5) is 13.9. The van der Waals surface area contributed by atoms with E-state index in [-0.39, 0.29) is 5.91 Å². The van der Waals surface area contributed by atoms with Crippen molar-refractivity contribution in [2.24, 2.45) is 0 Å². The molecule has 1 aliphatic rings. The van der Waals surface area contributed by atoms with Crippen LogP contribution in [-0.4, -0.2) is 36.5 Å². The minimum atomic E-state index is 0.230. The van der Waals surface area contributed by atoms with Crippen molar-refractivity contribution in [1.29, 1.82) is 0 Å². The monoisotopic (exact) mass is 212 g/mol. The molecule has 0 saturated heterocycles. The molecule has 0 unspecified atom stereocenters. The summed E-state index contributed by atoms with van der Waals surface area (Å²) in [5, 5.41) is 3.12. The first-order valence-corrected chi connectivity index (χ1v) is 6.28. The molecule has 1 N–H and O–H groups in total. The van der Waals surface area contributed by atoms with E-state index in [2.05, 4.69) is 24.1 Å². The Morgan fingerprint density at radius 3 is 2.40 bits per heavy atom. The van der Waals surface area contributed by atoms with Crippen LogP contribution in [-0.2, 0) is 4.79 Å². The van der Waals surface area contributed by atoms with Crippen LogP contribution in [0.1, 0.15) is 46.0 Å². The maximum Gasteiger partial charge on any atom is 0.221 e. The molecule has 0 heterocycles. The summed E-state index contributed by atoms with van der Waals surface area (Å²) in [6.45, 7) is 7.24. The van der Waals surface area contributed by atoms with Gasteiger partial charge in [0.05, 0.1) is 0 Å². The third-order valence-electron chi connectivity index (χ3n) is 3.27. The van der Waals surface area contributed by atoms with E-state index >= 15 is 0 Å². The fourth-order valence-corrected chi connectivity index (χ4v) is 2.17. The summed E-state index contributed by atoms with van der Waals surface area (Å²) in [7, 11) is 0. The molecule has 0 aliphatic heterocycles. The van der Waals surface area contributed by atoms with Crippen LogP contribution in [0.3, 0.4) is 0 Å². The summed E-state index contributed by atoms with van der Waals surface area (Å²) in [5.41, 5.74) is 0. The molecule has 0 aromatic carbocycles. The molecule has 15 heavy (non-hydrogen) atoms. The Morgan fingerprint density at radius 2 is 1.87 bits per heavy atom. The van der Waals surface area contributed by atoms with Crippen molar-refractivity contribution >= 4 is 5.91 Å². The highest BCUT2D eigenvalue weighted by molar-refractivity contribution is 5.76. The molecule has 3 heteroatoms. The van der Waals surface area contributed by atoms with Gasteiger partial charge in [-0.1, -0.05) is 26.7 Å². The highest BCUT2D eigenvalue weighted by Gasteiger charge is 2.16. The quantitative estimate of drug-likeness (QED) is 0.728. The van der Waals surface area contributed by atoms with Gasteiger partial charge in [0, 0.05) is 19.0 Å². The molecule has 1 rings (SSSR count). The zero-order chi connectivity index (χ0) is 11.1. The van der Waals surface area contributed by atoms with Crippen molar-refractivity contribution in [1.82, 2.24) is 10.2 Å². The Hall–Kier alpha value is -0.570. The topological polar surface area (TPSA) is 32.3 Å². The normalized spacial score (nSPS) is 17.3. The van der Waals surface area contributed by atoms with Crippen molar-refractivity contribution in [2.45, 2.75) is 52.0 Å². The van der Waals surface area contributed by atoms with E-state index in [1.807, 2.05) is 0 Å². The highest BCUT2D eigenvalue weighted by atomic mass is 16.1. The van der Waals surface area contributed by atoms with E-state index in [0.717, 1.165) is 19.6 Å². The Kier molecular flexibility index (Phi) is 5.69. The van der Waals surface area contributed by atoms with Crippen LogP contribution in [0.2, 0.25) is 0 Å². The second-order valence-electron chi connectivity index (χ2n) is 4.33. The van der Waals surface area contributed by atoms with Gasteiger partial charge in [-0.05, 0) is 25.9 Å². The minimum Gasteiger partial charge on any atom is -0.353 e. The SMILES string of the molecule is CCN(CC)CCC(=O)NC1CCCC1. The zero-order valence-electron chi connectivity index (χ0n) is 10.1. The van der Waals surface area contributed by atoms with Gasteiger partial charge in [-0.25, -0.2) is 0 Å². The van der Waals surface area contributed by atoms with Gasteiger partial charge in [-0.2, -0.15) is 0 Å². The van der Waals surface area contributed by atoms with Gasteiger partial charge < -0.3 is 10.2 Å². The number of nitrogens with one attached hydrogen (secondary N) is 1. The van der Waals surface area contributed by atoms with Crippen molar-refractivity contribution in [2.75, 3.05) is 19.6 Å². The van der Waals surface area contributed by atoms with Gasteiger partial charge in [-0.3, -0.25) is 4.79 Å². The number of nitrogens with zero attached hydrogens (tertiary/aromatic N) is 1. The average Bonchev–Trinajstić information content (AvgIpc) is 2.72. The van der Waals surface area contributed by atoms with E-state index < -0.39 is 0 Å². The second-order valence-corrected chi connectivity index (χ2v) is 4.33. The molecule has 0 spiro atoms. The molecule has 88 valence electrons. The van der Waals surface area contributed by atoms with Crippen LogP contribution in [0.25, 0.3) is 0 Å². The molecule has 0 aromatic rings. The Bertz CT molecular complexity index is 184. The molecule has 1 fully saturated rings. The van der Waals surface area contributed by atoms with Crippen molar-refractivity contribution in [3.8, 4) is 0 Å². The van der Waals surface area contributed by atoms with E-state index in [0.29, 0.717) is 12.5 Å². The summed E-state index contributed by atoms with van der Waals surface area (Å²) < 4.78 is 0. The van der Waals surface area contributed by atoms with Crippen molar-refractivity contribution in [3.05, 3.63) is 0 Å². The molecule has 0 atom stereocenters. The van der Waals surface area contributed by atoms with Crippen LogP contribution < -0.4 is 5.32 Å². The lowest BCUT2D eigenvalue weighted by Crippen LogP contribution is -2.35. The second kappa shape index (κ2) is 6.83. The third kappa shape index (κ3) is 4.65. The first kappa shape index (κ1) is 12.5.